The van der Waals surface area contributed by atoms with Crippen molar-refractivity contribution in [1.82, 2.24) is 9.71 Å². The maximum atomic E-state index is 12.2. The van der Waals surface area contributed by atoms with E-state index < -0.39 is 22.5 Å². The summed E-state index contributed by atoms with van der Waals surface area (Å²) in [4.78, 5) is 26.7. The van der Waals surface area contributed by atoms with E-state index in [1.807, 2.05) is 11.6 Å². The molecule has 0 fully saturated rings. The van der Waals surface area contributed by atoms with Gasteiger partial charge in [-0.25, -0.2) is 13.1 Å². The number of nitrogens with one attached hydrogen (secondary N) is 2. The van der Waals surface area contributed by atoms with Crippen LogP contribution in [0.5, 0.6) is 5.75 Å². The topological polar surface area (TPSA) is 105 Å². The Balaban J connectivity index is 1.78. The number of aldehydes is 1. The molecule has 0 aliphatic heterocycles. The van der Waals surface area contributed by atoms with Gasteiger partial charge in [0.05, 0.1) is 15.8 Å². The lowest BCUT2D eigenvalue weighted by molar-refractivity contribution is -0.121. The van der Waals surface area contributed by atoms with Gasteiger partial charge in [-0.2, -0.15) is 0 Å². The van der Waals surface area contributed by atoms with Gasteiger partial charge in [0.25, 0.3) is 15.9 Å². The first-order valence-electron chi connectivity index (χ1n) is 8.28. The van der Waals surface area contributed by atoms with Gasteiger partial charge in [-0.15, -0.1) is 0 Å². The molecule has 1 heterocycles. The van der Waals surface area contributed by atoms with Gasteiger partial charge < -0.3 is 9.72 Å². The third-order valence-electron chi connectivity index (χ3n) is 4.04. The molecule has 3 aromatic rings. The molecule has 7 nitrogen and oxygen atoms in total. The van der Waals surface area contributed by atoms with Crippen molar-refractivity contribution >= 4 is 33.1 Å². The zero-order valence-corrected chi connectivity index (χ0v) is 15.4. The number of hydrogen-bond donors (Lipinski definition) is 2. The Kier molecular flexibility index (Phi) is 5.27. The third-order valence-corrected chi connectivity index (χ3v) is 5.43. The van der Waals surface area contributed by atoms with Crippen LogP contribution in [0.4, 0.5) is 0 Å². The summed E-state index contributed by atoms with van der Waals surface area (Å²) in [5.74, 6) is -0.479. The summed E-state index contributed by atoms with van der Waals surface area (Å²) in [5, 5.41) is 0.572. The highest BCUT2D eigenvalue weighted by atomic mass is 32.2. The quantitative estimate of drug-likeness (QED) is 0.607. The molecule has 1 amide bonds. The van der Waals surface area contributed by atoms with Crippen molar-refractivity contribution in [2.24, 2.45) is 0 Å². The van der Waals surface area contributed by atoms with Gasteiger partial charge in [0.15, 0.2) is 12.9 Å². The van der Waals surface area contributed by atoms with Gasteiger partial charge in [-0.1, -0.05) is 31.2 Å². The number of ether oxygens (including phenoxy) is 1. The molecule has 3 rings (SSSR count). The van der Waals surface area contributed by atoms with Gasteiger partial charge >= 0.3 is 0 Å². The van der Waals surface area contributed by atoms with Crippen molar-refractivity contribution in [2.45, 2.75) is 18.2 Å². The summed E-state index contributed by atoms with van der Waals surface area (Å²) in [6.45, 7) is 1.41. The number of hydrogen-bond acceptors (Lipinski definition) is 5. The van der Waals surface area contributed by atoms with Crippen LogP contribution in [0.25, 0.3) is 10.9 Å². The van der Waals surface area contributed by atoms with Gasteiger partial charge in [-0.3, -0.25) is 9.59 Å². The van der Waals surface area contributed by atoms with Crippen LogP contribution < -0.4 is 9.46 Å². The van der Waals surface area contributed by atoms with Crippen LogP contribution in [0.3, 0.4) is 0 Å². The second-order valence-electron chi connectivity index (χ2n) is 5.80. The minimum absolute atomic E-state index is 0.0121. The number of sulfonamides is 1. The lowest BCUT2D eigenvalue weighted by Gasteiger charge is -2.09. The smallest absolute Gasteiger partial charge is 0.271 e. The molecular formula is C19H18N2O5S. The number of aromatic nitrogens is 1. The molecule has 0 saturated heterocycles. The van der Waals surface area contributed by atoms with Gasteiger partial charge in [0.2, 0.25) is 0 Å². The SMILES string of the molecule is CCc1[nH]c2cccc(OCC(=O)NS(=O)(=O)c3ccccc3)c2c1C=O. The zero-order valence-electron chi connectivity index (χ0n) is 14.6. The number of amides is 1. The van der Waals surface area contributed by atoms with Crippen molar-refractivity contribution in [3.63, 3.8) is 0 Å². The van der Waals surface area contributed by atoms with E-state index >= 15 is 0 Å². The van der Waals surface area contributed by atoms with Crippen LogP contribution >= 0.6 is 0 Å². The first-order valence-corrected chi connectivity index (χ1v) is 9.76. The van der Waals surface area contributed by atoms with Crippen LogP contribution in [0.1, 0.15) is 23.0 Å². The van der Waals surface area contributed by atoms with Crippen LogP contribution in [-0.2, 0) is 21.2 Å². The number of carbonyl (C=O) groups excluding carboxylic acids is 2. The molecule has 0 unspecified atom stereocenters. The molecule has 1 aromatic heterocycles. The van der Waals surface area contributed by atoms with E-state index in [4.69, 9.17) is 4.74 Å². The Morgan fingerprint density at radius 1 is 1.15 bits per heavy atom. The molecule has 0 spiro atoms. The largest absolute Gasteiger partial charge is 0.483 e. The van der Waals surface area contributed by atoms with E-state index in [2.05, 4.69) is 4.98 Å². The maximum Gasteiger partial charge on any atom is 0.271 e. The molecule has 0 aliphatic rings. The number of carbonyl (C=O) groups is 2. The average Bonchev–Trinajstić information content (AvgIpc) is 3.05. The van der Waals surface area contributed by atoms with E-state index in [1.165, 1.54) is 12.1 Å². The molecule has 140 valence electrons. The molecule has 0 radical (unpaired) electrons. The standard InChI is InChI=1S/C19H18N2O5S/c1-2-15-14(11-22)19-16(20-15)9-6-10-17(19)26-12-18(23)21-27(24,25)13-7-4-3-5-8-13/h3-11,20H,2,12H2,1H3,(H,21,23). The van der Waals surface area contributed by atoms with Crippen LogP contribution in [0.2, 0.25) is 0 Å². The summed E-state index contributed by atoms with van der Waals surface area (Å²) in [5.41, 5.74) is 1.95. The highest BCUT2D eigenvalue weighted by Gasteiger charge is 2.19. The predicted molar refractivity (Wildman–Crippen MR) is 100 cm³/mol. The summed E-state index contributed by atoms with van der Waals surface area (Å²) >= 11 is 0. The maximum absolute atomic E-state index is 12.2. The second kappa shape index (κ2) is 7.63. The monoisotopic (exact) mass is 386 g/mol. The van der Waals surface area contributed by atoms with Crippen LogP contribution in [-0.4, -0.2) is 32.2 Å². The van der Waals surface area contributed by atoms with E-state index in [0.29, 0.717) is 28.6 Å². The Bertz CT molecular complexity index is 1090. The van der Waals surface area contributed by atoms with E-state index in [1.54, 1.807) is 36.4 Å². The first kappa shape index (κ1) is 18.7. The second-order valence-corrected chi connectivity index (χ2v) is 7.48. The first-order chi connectivity index (χ1) is 13.0. The highest BCUT2D eigenvalue weighted by Crippen LogP contribution is 2.30. The van der Waals surface area contributed by atoms with Gasteiger partial charge in [0, 0.05) is 11.3 Å². The molecule has 2 N–H and O–H groups in total. The number of aromatic amines is 1. The molecule has 0 saturated carbocycles. The van der Waals surface area contributed by atoms with Crippen molar-refractivity contribution in [1.29, 1.82) is 0 Å². The number of H-pyrrole nitrogens is 1. The summed E-state index contributed by atoms with van der Waals surface area (Å²) in [7, 11) is -3.96. The highest BCUT2D eigenvalue weighted by molar-refractivity contribution is 7.90. The van der Waals surface area contributed by atoms with Crippen molar-refractivity contribution < 1.29 is 22.7 Å². The Morgan fingerprint density at radius 3 is 2.56 bits per heavy atom. The average molecular weight is 386 g/mol. The van der Waals surface area contributed by atoms with Gasteiger partial charge in [0.1, 0.15) is 5.75 Å². The van der Waals surface area contributed by atoms with Crippen molar-refractivity contribution in [2.75, 3.05) is 6.61 Å². The molecule has 2 aromatic carbocycles. The minimum Gasteiger partial charge on any atom is -0.483 e. The Morgan fingerprint density at radius 2 is 1.89 bits per heavy atom. The van der Waals surface area contributed by atoms with Crippen molar-refractivity contribution in [3.05, 3.63) is 59.8 Å². The van der Waals surface area contributed by atoms with E-state index in [9.17, 15) is 18.0 Å². The molecular weight excluding hydrogens is 368 g/mol. The Labute approximate surface area is 156 Å². The molecule has 8 heteroatoms. The fourth-order valence-electron chi connectivity index (χ4n) is 2.80. The predicted octanol–water partition coefficient (Wildman–Crippen LogP) is 2.43. The number of benzene rings is 2. The molecule has 0 bridgehead atoms. The zero-order chi connectivity index (χ0) is 19.4. The normalized spacial score (nSPS) is 11.3. The number of aryl methyl sites for hydroxylation is 1. The third kappa shape index (κ3) is 3.85. The number of rotatable bonds is 7. The summed E-state index contributed by atoms with van der Waals surface area (Å²) < 4.78 is 31.8. The molecule has 27 heavy (non-hydrogen) atoms. The van der Waals surface area contributed by atoms with Crippen LogP contribution in [0, 0.1) is 0 Å². The fourth-order valence-corrected chi connectivity index (χ4v) is 3.80. The lowest BCUT2D eigenvalue weighted by atomic mass is 10.1. The van der Waals surface area contributed by atoms with Gasteiger partial charge in [-0.05, 0) is 30.7 Å². The Hall–Kier alpha value is -3.13. The molecule has 0 aliphatic carbocycles. The number of fused-ring (bicyclic) bond motifs is 1. The van der Waals surface area contributed by atoms with Crippen LogP contribution in [0.15, 0.2) is 53.4 Å². The van der Waals surface area contributed by atoms with E-state index in [-0.39, 0.29) is 4.90 Å². The van der Waals surface area contributed by atoms with Crippen molar-refractivity contribution in [3.8, 4) is 5.75 Å². The fraction of sp³-hybridized carbons (Fsp3) is 0.158. The van der Waals surface area contributed by atoms with E-state index in [0.717, 1.165) is 12.0 Å². The minimum atomic E-state index is -3.96. The summed E-state index contributed by atoms with van der Waals surface area (Å²) in [6, 6.07) is 12.7. The molecule has 0 atom stereocenters. The lowest BCUT2D eigenvalue weighted by Crippen LogP contribution is -2.34. The summed E-state index contributed by atoms with van der Waals surface area (Å²) in [6.07, 6.45) is 1.38.